The number of aldehydes is 1. The molecule has 4 nitrogen and oxygen atoms in total. The van der Waals surface area contributed by atoms with Gasteiger partial charge in [-0.3, -0.25) is 0 Å². The second-order valence-electron chi connectivity index (χ2n) is 5.36. The lowest BCUT2D eigenvalue weighted by atomic mass is 10.0. The molecule has 1 saturated heterocycles. The van der Waals surface area contributed by atoms with Crippen LogP contribution in [0.1, 0.15) is 25.0 Å². The highest BCUT2D eigenvalue weighted by Crippen LogP contribution is 2.31. The summed E-state index contributed by atoms with van der Waals surface area (Å²) in [6.45, 7) is 4.13. The molecule has 2 atom stereocenters. The van der Waals surface area contributed by atoms with E-state index in [1.807, 2.05) is 13.8 Å². The molecule has 21 heavy (non-hydrogen) atoms. The molecule has 2 unspecified atom stereocenters. The number of morpholine rings is 1. The fraction of sp³-hybridized carbons (Fsp3) is 0.533. The van der Waals surface area contributed by atoms with Gasteiger partial charge in [-0.25, -0.2) is 8.78 Å². The Balaban J connectivity index is 2.47. The number of aliphatic hydroxyl groups is 1. The van der Waals surface area contributed by atoms with E-state index in [1.54, 1.807) is 4.90 Å². The highest BCUT2D eigenvalue weighted by molar-refractivity contribution is 5.61. The maximum atomic E-state index is 14.4. The van der Waals surface area contributed by atoms with Gasteiger partial charge in [-0.05, 0) is 25.5 Å². The van der Waals surface area contributed by atoms with E-state index in [0.717, 1.165) is 0 Å². The molecule has 0 saturated carbocycles. The van der Waals surface area contributed by atoms with Gasteiger partial charge < -0.3 is 19.5 Å². The van der Waals surface area contributed by atoms with Crippen molar-refractivity contribution in [1.29, 1.82) is 0 Å². The van der Waals surface area contributed by atoms with Gasteiger partial charge in [-0.2, -0.15) is 0 Å². The van der Waals surface area contributed by atoms with Crippen molar-refractivity contribution in [1.82, 2.24) is 0 Å². The Morgan fingerprint density at radius 2 is 1.90 bits per heavy atom. The maximum Gasteiger partial charge on any atom is 0.182 e. The minimum atomic E-state index is -1.03. The highest BCUT2D eigenvalue weighted by atomic mass is 19.2. The topological polar surface area (TPSA) is 49.8 Å². The number of carbonyl (C=O) groups excluding carboxylic acids is 1. The summed E-state index contributed by atoms with van der Waals surface area (Å²) < 4.78 is 34.0. The van der Waals surface area contributed by atoms with E-state index in [-0.39, 0.29) is 35.4 Å². The van der Waals surface area contributed by atoms with E-state index in [2.05, 4.69) is 0 Å². The minimum Gasteiger partial charge on any atom is -0.392 e. The summed E-state index contributed by atoms with van der Waals surface area (Å²) in [5.74, 6) is -2.04. The average Bonchev–Trinajstić information content (AvgIpc) is 2.42. The number of nitrogens with zero attached hydrogens (tertiary/aromatic N) is 1. The fourth-order valence-electron chi connectivity index (χ4n) is 2.79. The van der Waals surface area contributed by atoms with E-state index < -0.39 is 18.2 Å². The lowest BCUT2D eigenvalue weighted by molar-refractivity contribution is -0.107. The second kappa shape index (κ2) is 6.49. The number of hydrogen-bond donors (Lipinski definition) is 1. The first kappa shape index (κ1) is 15.9. The molecular weight excluding hydrogens is 280 g/mol. The number of aliphatic hydroxyl groups excluding tert-OH is 1. The predicted molar refractivity (Wildman–Crippen MR) is 74.3 cm³/mol. The van der Waals surface area contributed by atoms with Crippen molar-refractivity contribution in [2.45, 2.75) is 39.1 Å². The average molecular weight is 299 g/mol. The zero-order valence-corrected chi connectivity index (χ0v) is 12.1. The molecule has 1 N–H and O–H groups in total. The quantitative estimate of drug-likeness (QED) is 0.862. The van der Waals surface area contributed by atoms with Crippen LogP contribution in [-0.4, -0.2) is 36.7 Å². The van der Waals surface area contributed by atoms with Gasteiger partial charge in [0.05, 0.1) is 24.5 Å². The zero-order chi connectivity index (χ0) is 15.6. The van der Waals surface area contributed by atoms with Crippen molar-refractivity contribution in [2.24, 2.45) is 0 Å². The van der Waals surface area contributed by atoms with Crippen molar-refractivity contribution < 1.29 is 23.4 Å². The Morgan fingerprint density at radius 3 is 2.43 bits per heavy atom. The molecule has 2 rings (SSSR count). The van der Waals surface area contributed by atoms with Crippen LogP contribution in [0.2, 0.25) is 0 Å². The van der Waals surface area contributed by atoms with Crippen LogP contribution in [0, 0.1) is 11.6 Å². The van der Waals surface area contributed by atoms with Gasteiger partial charge in [0.15, 0.2) is 11.6 Å². The number of ether oxygens (including phenoxy) is 1. The molecule has 1 aromatic carbocycles. The third kappa shape index (κ3) is 3.22. The zero-order valence-electron chi connectivity index (χ0n) is 12.1. The van der Waals surface area contributed by atoms with Crippen molar-refractivity contribution in [3.63, 3.8) is 0 Å². The van der Waals surface area contributed by atoms with Crippen LogP contribution in [-0.2, 0) is 22.6 Å². The molecule has 0 aliphatic carbocycles. The van der Waals surface area contributed by atoms with E-state index >= 15 is 0 Å². The molecule has 1 aliphatic heterocycles. The third-order valence-electron chi connectivity index (χ3n) is 3.54. The standard InChI is InChI=1S/C15H19F2NO3/c1-9-6-18(7-10(2)21-9)15-12(8-20)5-11(3-4-19)13(16)14(15)17/h4-5,9-10,20H,3,6-8H2,1-2H3. The monoisotopic (exact) mass is 299 g/mol. The van der Waals surface area contributed by atoms with Crippen molar-refractivity contribution >= 4 is 12.0 Å². The summed E-state index contributed by atoms with van der Waals surface area (Å²) in [7, 11) is 0. The fourth-order valence-corrected chi connectivity index (χ4v) is 2.79. The van der Waals surface area contributed by atoms with Gasteiger partial charge in [-0.15, -0.1) is 0 Å². The Hall–Kier alpha value is -1.53. The van der Waals surface area contributed by atoms with Crippen LogP contribution in [0.15, 0.2) is 6.07 Å². The Bertz CT molecular complexity index is 526. The SMILES string of the molecule is CC1CN(c2c(CO)cc(CC=O)c(F)c2F)CC(C)O1. The van der Waals surface area contributed by atoms with E-state index in [0.29, 0.717) is 19.4 Å². The molecule has 0 radical (unpaired) electrons. The molecule has 1 aromatic rings. The first-order chi connectivity index (χ1) is 9.97. The number of benzene rings is 1. The number of anilines is 1. The number of hydrogen-bond acceptors (Lipinski definition) is 4. The maximum absolute atomic E-state index is 14.4. The highest BCUT2D eigenvalue weighted by Gasteiger charge is 2.28. The Morgan fingerprint density at radius 1 is 1.29 bits per heavy atom. The first-order valence-electron chi connectivity index (χ1n) is 6.92. The molecule has 6 heteroatoms. The smallest absolute Gasteiger partial charge is 0.182 e. The molecule has 116 valence electrons. The molecule has 0 bridgehead atoms. The molecule has 0 spiro atoms. The van der Waals surface area contributed by atoms with Crippen LogP contribution in [0.3, 0.4) is 0 Å². The molecule has 1 aliphatic rings. The van der Waals surface area contributed by atoms with Gasteiger partial charge in [0.25, 0.3) is 0 Å². The van der Waals surface area contributed by atoms with E-state index in [1.165, 1.54) is 6.07 Å². The minimum absolute atomic E-state index is 0.0374. The Labute approximate surface area is 122 Å². The lowest BCUT2D eigenvalue weighted by Gasteiger charge is -2.38. The lowest BCUT2D eigenvalue weighted by Crippen LogP contribution is -2.46. The first-order valence-corrected chi connectivity index (χ1v) is 6.92. The van der Waals surface area contributed by atoms with Crippen molar-refractivity contribution in [3.05, 3.63) is 28.8 Å². The molecule has 0 amide bonds. The van der Waals surface area contributed by atoms with Gasteiger partial charge >= 0.3 is 0 Å². The number of halogens is 2. The summed E-state index contributed by atoms with van der Waals surface area (Å²) in [6, 6.07) is 1.35. The summed E-state index contributed by atoms with van der Waals surface area (Å²) >= 11 is 0. The summed E-state index contributed by atoms with van der Waals surface area (Å²) in [6.07, 6.45) is 0.0681. The molecular formula is C15H19F2NO3. The van der Waals surface area contributed by atoms with Crippen LogP contribution in [0.4, 0.5) is 14.5 Å². The van der Waals surface area contributed by atoms with Crippen LogP contribution >= 0.6 is 0 Å². The summed E-state index contributed by atoms with van der Waals surface area (Å²) in [4.78, 5) is 12.2. The van der Waals surface area contributed by atoms with Gasteiger partial charge in [0.2, 0.25) is 0 Å². The van der Waals surface area contributed by atoms with Crippen LogP contribution in [0.25, 0.3) is 0 Å². The normalized spacial score (nSPS) is 22.4. The third-order valence-corrected chi connectivity index (χ3v) is 3.54. The van der Waals surface area contributed by atoms with Crippen LogP contribution in [0.5, 0.6) is 0 Å². The number of rotatable bonds is 4. The van der Waals surface area contributed by atoms with E-state index in [4.69, 9.17) is 4.74 Å². The Kier molecular flexibility index (Phi) is 4.90. The van der Waals surface area contributed by atoms with Crippen LogP contribution < -0.4 is 4.90 Å². The number of carbonyl (C=O) groups is 1. The van der Waals surface area contributed by atoms with E-state index in [9.17, 15) is 18.7 Å². The molecule has 0 aromatic heterocycles. The largest absolute Gasteiger partial charge is 0.392 e. The molecule has 1 heterocycles. The van der Waals surface area contributed by atoms with Gasteiger partial charge in [0, 0.05) is 25.1 Å². The second-order valence-corrected chi connectivity index (χ2v) is 5.36. The summed E-state index contributed by atoms with van der Waals surface area (Å²) in [5, 5.41) is 9.45. The summed E-state index contributed by atoms with van der Waals surface area (Å²) in [5.41, 5.74) is 0.309. The van der Waals surface area contributed by atoms with Crippen molar-refractivity contribution in [2.75, 3.05) is 18.0 Å². The predicted octanol–water partition coefficient (Wildman–Crippen LogP) is 1.81. The van der Waals surface area contributed by atoms with Gasteiger partial charge in [0.1, 0.15) is 6.29 Å². The van der Waals surface area contributed by atoms with Crippen molar-refractivity contribution in [3.8, 4) is 0 Å². The van der Waals surface area contributed by atoms with Gasteiger partial charge in [-0.1, -0.05) is 0 Å². The molecule has 1 fully saturated rings.